The van der Waals surface area contributed by atoms with Crippen LogP contribution in [0.25, 0.3) is 0 Å². The molecule has 0 fully saturated rings. The van der Waals surface area contributed by atoms with Gasteiger partial charge in [0.05, 0.1) is 5.69 Å². The summed E-state index contributed by atoms with van der Waals surface area (Å²) in [5.41, 5.74) is 1.48. The molecule has 0 aliphatic heterocycles. The molecule has 0 bridgehead atoms. The highest BCUT2D eigenvalue weighted by Gasteiger charge is 2.11. The predicted molar refractivity (Wildman–Crippen MR) is 80.3 cm³/mol. The summed E-state index contributed by atoms with van der Waals surface area (Å²) in [5.74, 6) is -1.72. The quantitative estimate of drug-likeness (QED) is 0.433. The number of aryl methyl sites for hydroxylation is 1. The molecule has 0 heterocycles. The van der Waals surface area contributed by atoms with Gasteiger partial charge in [-0.3, -0.25) is 0 Å². The number of carbonyl (C=O) groups is 1. The Kier molecular flexibility index (Phi) is 4.09. The Morgan fingerprint density at radius 2 is 1.67 bits per heavy atom. The molecule has 0 saturated carbocycles. The van der Waals surface area contributed by atoms with Gasteiger partial charge in [0.25, 0.3) is 0 Å². The van der Waals surface area contributed by atoms with Gasteiger partial charge in [0.1, 0.15) is 0 Å². The van der Waals surface area contributed by atoms with E-state index in [9.17, 15) is 20.1 Å². The Hall–Kier alpha value is -2.60. The minimum atomic E-state index is -0.647. The number of hydrogen-bond acceptors (Lipinski definition) is 4. The number of urea groups is 1. The fraction of sp³-hybridized carbons (Fsp3) is 0.0714. The lowest BCUT2D eigenvalue weighted by atomic mass is 10.2. The SMILES string of the molecule is Cc1ccc(Cl)cc1NC(=O)Nc1cc(O)c(O)c(O)c1. The van der Waals surface area contributed by atoms with Gasteiger partial charge in [0, 0.05) is 22.8 Å². The molecule has 110 valence electrons. The zero-order chi connectivity index (χ0) is 15.6. The molecule has 21 heavy (non-hydrogen) atoms. The van der Waals surface area contributed by atoms with E-state index in [2.05, 4.69) is 10.6 Å². The van der Waals surface area contributed by atoms with E-state index in [0.717, 1.165) is 17.7 Å². The monoisotopic (exact) mass is 308 g/mol. The Morgan fingerprint density at radius 1 is 1.05 bits per heavy atom. The molecule has 2 rings (SSSR count). The zero-order valence-corrected chi connectivity index (χ0v) is 11.8. The van der Waals surface area contributed by atoms with Crippen molar-refractivity contribution < 1.29 is 20.1 Å². The lowest BCUT2D eigenvalue weighted by Crippen LogP contribution is -2.19. The molecule has 0 atom stereocenters. The lowest BCUT2D eigenvalue weighted by molar-refractivity contribution is 0.262. The summed E-state index contributed by atoms with van der Waals surface area (Å²) in [4.78, 5) is 11.9. The largest absolute Gasteiger partial charge is 0.504 e. The lowest BCUT2D eigenvalue weighted by Gasteiger charge is -2.11. The maximum atomic E-state index is 11.9. The Balaban J connectivity index is 2.13. The van der Waals surface area contributed by atoms with Crippen LogP contribution in [0, 0.1) is 6.92 Å². The predicted octanol–water partition coefficient (Wildman–Crippen LogP) is 3.41. The van der Waals surface area contributed by atoms with Gasteiger partial charge in [-0.15, -0.1) is 0 Å². The molecule has 2 aromatic carbocycles. The van der Waals surface area contributed by atoms with E-state index >= 15 is 0 Å². The van der Waals surface area contributed by atoms with Crippen LogP contribution >= 0.6 is 11.6 Å². The Labute approximate surface area is 125 Å². The number of rotatable bonds is 2. The van der Waals surface area contributed by atoms with E-state index in [1.165, 1.54) is 0 Å². The van der Waals surface area contributed by atoms with Crippen LogP contribution in [0.4, 0.5) is 16.2 Å². The number of nitrogens with one attached hydrogen (secondary N) is 2. The minimum Gasteiger partial charge on any atom is -0.504 e. The fourth-order valence-corrected chi connectivity index (χ4v) is 1.86. The second kappa shape index (κ2) is 5.80. The van der Waals surface area contributed by atoms with Gasteiger partial charge in [-0.05, 0) is 24.6 Å². The summed E-state index contributed by atoms with van der Waals surface area (Å²) in [6.45, 7) is 1.81. The van der Waals surface area contributed by atoms with Crippen molar-refractivity contribution in [1.29, 1.82) is 0 Å². The van der Waals surface area contributed by atoms with Crippen LogP contribution in [0.5, 0.6) is 17.2 Å². The first kappa shape index (κ1) is 14.8. The van der Waals surface area contributed by atoms with Crippen LogP contribution < -0.4 is 10.6 Å². The first-order chi connectivity index (χ1) is 9.86. The summed E-state index contributed by atoms with van der Waals surface area (Å²) in [6, 6.07) is 6.71. The van der Waals surface area contributed by atoms with E-state index in [1.54, 1.807) is 18.2 Å². The third-order valence-corrected chi connectivity index (χ3v) is 3.01. The van der Waals surface area contributed by atoms with Gasteiger partial charge in [0.15, 0.2) is 17.2 Å². The average Bonchev–Trinajstić information content (AvgIpc) is 2.40. The Bertz CT molecular complexity index is 680. The molecule has 0 saturated heterocycles. The minimum absolute atomic E-state index is 0.125. The van der Waals surface area contributed by atoms with Crippen molar-refractivity contribution >= 4 is 29.0 Å². The molecular formula is C14H13ClN2O4. The number of hydrogen-bond donors (Lipinski definition) is 5. The van der Waals surface area contributed by atoms with Crippen LogP contribution in [-0.2, 0) is 0 Å². The second-order valence-corrected chi connectivity index (χ2v) is 4.84. The van der Waals surface area contributed by atoms with Crippen molar-refractivity contribution in [3.63, 3.8) is 0 Å². The molecule has 0 aromatic heterocycles. The molecule has 0 radical (unpaired) electrons. The van der Waals surface area contributed by atoms with Crippen LogP contribution in [-0.4, -0.2) is 21.4 Å². The standard InChI is InChI=1S/C14H13ClN2O4/c1-7-2-3-8(15)4-10(7)17-14(21)16-9-5-11(18)13(20)12(19)6-9/h2-6,18-20H,1H3,(H2,16,17,21). The molecule has 0 aliphatic rings. The molecule has 7 heteroatoms. The van der Waals surface area contributed by atoms with E-state index in [1.807, 2.05) is 6.92 Å². The topological polar surface area (TPSA) is 102 Å². The highest BCUT2D eigenvalue weighted by Crippen LogP contribution is 2.37. The number of halogens is 1. The Morgan fingerprint density at radius 3 is 2.29 bits per heavy atom. The summed E-state index contributed by atoms with van der Waals surface area (Å²) >= 11 is 5.85. The van der Waals surface area contributed by atoms with Gasteiger partial charge in [0.2, 0.25) is 0 Å². The molecule has 2 aromatic rings. The maximum absolute atomic E-state index is 11.9. The number of phenols is 3. The van der Waals surface area contributed by atoms with Gasteiger partial charge in [-0.25, -0.2) is 4.79 Å². The van der Waals surface area contributed by atoms with Crippen molar-refractivity contribution in [2.75, 3.05) is 10.6 Å². The average molecular weight is 309 g/mol. The summed E-state index contributed by atoms with van der Waals surface area (Å²) in [7, 11) is 0. The zero-order valence-electron chi connectivity index (χ0n) is 11.0. The van der Waals surface area contributed by atoms with E-state index in [4.69, 9.17) is 11.6 Å². The highest BCUT2D eigenvalue weighted by atomic mass is 35.5. The second-order valence-electron chi connectivity index (χ2n) is 4.40. The number of benzene rings is 2. The van der Waals surface area contributed by atoms with Gasteiger partial charge in [-0.1, -0.05) is 17.7 Å². The summed E-state index contributed by atoms with van der Waals surface area (Å²) in [5, 5.41) is 33.5. The van der Waals surface area contributed by atoms with Crippen LogP contribution in [0.15, 0.2) is 30.3 Å². The van der Waals surface area contributed by atoms with Crippen LogP contribution in [0.1, 0.15) is 5.56 Å². The van der Waals surface area contributed by atoms with Gasteiger partial charge >= 0.3 is 6.03 Å². The van der Waals surface area contributed by atoms with E-state index < -0.39 is 23.3 Å². The van der Waals surface area contributed by atoms with E-state index in [0.29, 0.717) is 10.7 Å². The number of anilines is 2. The van der Waals surface area contributed by atoms with Crippen molar-refractivity contribution in [1.82, 2.24) is 0 Å². The number of phenolic OH excluding ortho intramolecular Hbond substituents is 3. The normalized spacial score (nSPS) is 10.2. The first-order valence-electron chi connectivity index (χ1n) is 5.96. The van der Waals surface area contributed by atoms with Gasteiger partial charge in [-0.2, -0.15) is 0 Å². The number of aromatic hydroxyl groups is 3. The maximum Gasteiger partial charge on any atom is 0.323 e. The molecule has 6 nitrogen and oxygen atoms in total. The first-order valence-corrected chi connectivity index (χ1v) is 6.33. The van der Waals surface area contributed by atoms with Crippen molar-refractivity contribution in [2.24, 2.45) is 0 Å². The third kappa shape index (κ3) is 3.49. The van der Waals surface area contributed by atoms with Crippen LogP contribution in [0.2, 0.25) is 5.02 Å². The van der Waals surface area contributed by atoms with Crippen molar-refractivity contribution in [3.05, 3.63) is 40.9 Å². The summed E-state index contributed by atoms with van der Waals surface area (Å²) in [6.07, 6.45) is 0. The molecule has 2 amide bonds. The molecule has 0 aliphatic carbocycles. The summed E-state index contributed by atoms with van der Waals surface area (Å²) < 4.78 is 0. The molecular weight excluding hydrogens is 296 g/mol. The fourth-order valence-electron chi connectivity index (χ4n) is 1.69. The van der Waals surface area contributed by atoms with Crippen molar-refractivity contribution in [3.8, 4) is 17.2 Å². The number of carbonyl (C=O) groups excluding carboxylic acids is 1. The third-order valence-electron chi connectivity index (χ3n) is 2.78. The van der Waals surface area contributed by atoms with Crippen molar-refractivity contribution in [2.45, 2.75) is 6.92 Å². The number of amides is 2. The van der Waals surface area contributed by atoms with Crippen LogP contribution in [0.3, 0.4) is 0 Å². The van der Waals surface area contributed by atoms with E-state index in [-0.39, 0.29) is 5.69 Å². The smallest absolute Gasteiger partial charge is 0.323 e. The molecule has 5 N–H and O–H groups in total. The molecule has 0 unspecified atom stereocenters. The highest BCUT2D eigenvalue weighted by molar-refractivity contribution is 6.31. The van der Waals surface area contributed by atoms with Gasteiger partial charge < -0.3 is 26.0 Å². The molecule has 0 spiro atoms.